The first-order chi connectivity index (χ1) is 11.7. The second kappa shape index (κ2) is 7.56. The standard InChI is InChI=1S/C22H26O3/c1-6-17-10-11-20-18(13-17)14-19(22(4,5)25-20)16(3)9-7-8-15(2)12-21(23)24/h7-14H,6H2,1-5H3,(H,23,24)/b8-7+,15-12+,16-9+. The maximum Gasteiger partial charge on any atom is 0.328 e. The van der Waals surface area contributed by atoms with E-state index in [0.717, 1.165) is 28.9 Å². The second-order valence-electron chi connectivity index (χ2n) is 6.83. The van der Waals surface area contributed by atoms with Gasteiger partial charge in [-0.05, 0) is 74.6 Å². The molecule has 0 atom stereocenters. The number of carboxylic acid groups (broad SMARTS) is 1. The molecule has 0 fully saturated rings. The molecular formula is C22H26O3. The first-order valence-corrected chi connectivity index (χ1v) is 8.53. The average molecular weight is 338 g/mol. The van der Waals surface area contributed by atoms with Crippen molar-refractivity contribution in [3.8, 4) is 5.75 Å². The Balaban J connectivity index is 2.34. The smallest absolute Gasteiger partial charge is 0.328 e. The molecule has 3 nitrogen and oxygen atoms in total. The number of allylic oxidation sites excluding steroid dienone is 4. The summed E-state index contributed by atoms with van der Waals surface area (Å²) in [5.74, 6) is -0.0229. The fraction of sp³-hybridized carbons (Fsp3) is 0.318. The Labute approximate surface area is 150 Å². The summed E-state index contributed by atoms with van der Waals surface area (Å²) in [6, 6.07) is 6.33. The fourth-order valence-corrected chi connectivity index (χ4v) is 2.95. The minimum Gasteiger partial charge on any atom is -0.483 e. The van der Waals surface area contributed by atoms with Gasteiger partial charge in [-0.2, -0.15) is 0 Å². The van der Waals surface area contributed by atoms with Crippen molar-refractivity contribution in [1.29, 1.82) is 0 Å². The van der Waals surface area contributed by atoms with Crippen LogP contribution in [0.2, 0.25) is 0 Å². The lowest BCUT2D eigenvalue weighted by Gasteiger charge is -2.34. The molecule has 132 valence electrons. The number of rotatable bonds is 5. The Morgan fingerprint density at radius 3 is 2.64 bits per heavy atom. The van der Waals surface area contributed by atoms with E-state index < -0.39 is 11.6 Å². The van der Waals surface area contributed by atoms with Crippen LogP contribution in [0.1, 0.15) is 45.7 Å². The molecule has 0 bridgehead atoms. The van der Waals surface area contributed by atoms with E-state index in [9.17, 15) is 4.79 Å². The zero-order valence-corrected chi connectivity index (χ0v) is 15.6. The van der Waals surface area contributed by atoms with Crippen LogP contribution in [0.15, 0.2) is 59.2 Å². The number of benzene rings is 1. The lowest BCUT2D eigenvalue weighted by atomic mass is 9.87. The molecule has 1 heterocycles. The highest BCUT2D eigenvalue weighted by Gasteiger charge is 2.30. The van der Waals surface area contributed by atoms with Crippen molar-refractivity contribution in [2.45, 2.75) is 46.6 Å². The number of ether oxygens (including phenoxy) is 1. The van der Waals surface area contributed by atoms with Gasteiger partial charge in [0.2, 0.25) is 0 Å². The number of carboxylic acids is 1. The third-order valence-electron chi connectivity index (χ3n) is 4.28. The van der Waals surface area contributed by atoms with Gasteiger partial charge in [-0.25, -0.2) is 4.79 Å². The number of fused-ring (bicyclic) bond motifs is 1. The Bertz CT molecular complexity index is 789. The highest BCUT2D eigenvalue weighted by Crippen LogP contribution is 2.39. The van der Waals surface area contributed by atoms with Crippen LogP contribution in [0.5, 0.6) is 5.75 Å². The van der Waals surface area contributed by atoms with Crippen molar-refractivity contribution in [2.75, 3.05) is 0 Å². The zero-order valence-electron chi connectivity index (χ0n) is 15.6. The van der Waals surface area contributed by atoms with Crippen LogP contribution in [0.25, 0.3) is 6.08 Å². The molecule has 0 aromatic heterocycles. The van der Waals surface area contributed by atoms with E-state index in [1.54, 1.807) is 13.0 Å². The number of hydrogen-bond acceptors (Lipinski definition) is 2. The van der Waals surface area contributed by atoms with E-state index in [4.69, 9.17) is 9.84 Å². The number of aryl methyl sites for hydroxylation is 1. The summed E-state index contributed by atoms with van der Waals surface area (Å²) < 4.78 is 6.21. The fourth-order valence-electron chi connectivity index (χ4n) is 2.95. The van der Waals surface area contributed by atoms with Crippen molar-refractivity contribution in [3.05, 3.63) is 70.3 Å². The van der Waals surface area contributed by atoms with Crippen molar-refractivity contribution in [2.24, 2.45) is 0 Å². The normalized spacial score (nSPS) is 17.1. The van der Waals surface area contributed by atoms with E-state index in [1.807, 2.05) is 25.1 Å². The van der Waals surface area contributed by atoms with Gasteiger partial charge >= 0.3 is 5.97 Å². The summed E-state index contributed by atoms with van der Waals surface area (Å²) in [4.78, 5) is 10.7. The molecular weight excluding hydrogens is 312 g/mol. The van der Waals surface area contributed by atoms with Gasteiger partial charge in [-0.1, -0.05) is 31.2 Å². The Kier molecular flexibility index (Phi) is 5.68. The second-order valence-corrected chi connectivity index (χ2v) is 6.83. The average Bonchev–Trinajstić information content (AvgIpc) is 2.52. The molecule has 0 amide bonds. The molecule has 0 spiro atoms. The first kappa shape index (κ1) is 18.8. The van der Waals surface area contributed by atoms with Crippen LogP contribution in [-0.2, 0) is 11.2 Å². The molecule has 1 aromatic rings. The van der Waals surface area contributed by atoms with Gasteiger partial charge in [0.05, 0.1) is 0 Å². The molecule has 0 radical (unpaired) electrons. The summed E-state index contributed by atoms with van der Waals surface area (Å²) >= 11 is 0. The minimum atomic E-state index is -0.935. The van der Waals surface area contributed by atoms with Crippen LogP contribution in [0, 0.1) is 0 Å². The van der Waals surface area contributed by atoms with E-state index >= 15 is 0 Å². The molecule has 0 saturated heterocycles. The highest BCUT2D eigenvalue weighted by atomic mass is 16.5. The van der Waals surface area contributed by atoms with Gasteiger partial charge < -0.3 is 9.84 Å². The Hall–Kier alpha value is -2.55. The van der Waals surface area contributed by atoms with E-state index in [-0.39, 0.29) is 0 Å². The molecule has 1 aromatic carbocycles. The highest BCUT2D eigenvalue weighted by molar-refractivity contribution is 5.81. The maximum absolute atomic E-state index is 10.7. The van der Waals surface area contributed by atoms with Crippen molar-refractivity contribution in [3.63, 3.8) is 0 Å². The molecule has 1 aliphatic heterocycles. The number of hydrogen-bond donors (Lipinski definition) is 1. The lowest BCUT2D eigenvalue weighted by molar-refractivity contribution is -0.131. The van der Waals surface area contributed by atoms with E-state index in [0.29, 0.717) is 5.57 Å². The van der Waals surface area contributed by atoms with Crippen molar-refractivity contribution in [1.82, 2.24) is 0 Å². The molecule has 0 unspecified atom stereocenters. The Morgan fingerprint density at radius 1 is 1.28 bits per heavy atom. The zero-order chi connectivity index (χ0) is 18.6. The van der Waals surface area contributed by atoms with Gasteiger partial charge in [0.1, 0.15) is 11.4 Å². The quantitative estimate of drug-likeness (QED) is 0.582. The summed E-state index contributed by atoms with van der Waals surface area (Å²) in [5.41, 5.74) is 4.89. The van der Waals surface area contributed by atoms with Gasteiger partial charge in [-0.3, -0.25) is 0 Å². The summed E-state index contributed by atoms with van der Waals surface area (Å²) in [7, 11) is 0. The monoisotopic (exact) mass is 338 g/mol. The Morgan fingerprint density at radius 2 is 2.00 bits per heavy atom. The summed E-state index contributed by atoms with van der Waals surface area (Å²) in [6.07, 6.45) is 10.0. The lowest BCUT2D eigenvalue weighted by Crippen LogP contribution is -2.33. The van der Waals surface area contributed by atoms with Crippen LogP contribution < -0.4 is 4.74 Å². The topological polar surface area (TPSA) is 46.5 Å². The number of aliphatic carboxylic acids is 1. The first-order valence-electron chi connectivity index (χ1n) is 8.53. The van der Waals surface area contributed by atoms with Crippen molar-refractivity contribution >= 4 is 12.0 Å². The van der Waals surface area contributed by atoms with Crippen LogP contribution in [0.3, 0.4) is 0 Å². The molecule has 25 heavy (non-hydrogen) atoms. The molecule has 3 heteroatoms. The van der Waals surface area contributed by atoms with Crippen LogP contribution >= 0.6 is 0 Å². The van der Waals surface area contributed by atoms with E-state index in [2.05, 4.69) is 39.0 Å². The third-order valence-corrected chi connectivity index (χ3v) is 4.28. The summed E-state index contributed by atoms with van der Waals surface area (Å²) in [5, 5.41) is 8.75. The maximum atomic E-state index is 10.7. The van der Waals surface area contributed by atoms with Crippen molar-refractivity contribution < 1.29 is 14.6 Å². The van der Waals surface area contributed by atoms with E-state index in [1.165, 1.54) is 11.6 Å². The predicted octanol–water partition coefficient (Wildman–Crippen LogP) is 5.34. The molecule has 1 N–H and O–H groups in total. The van der Waals surface area contributed by atoms with Crippen LogP contribution in [0.4, 0.5) is 0 Å². The molecule has 0 aliphatic carbocycles. The minimum absolute atomic E-state index is 0.416. The summed E-state index contributed by atoms with van der Waals surface area (Å²) in [6.45, 7) is 10.1. The third kappa shape index (κ3) is 4.72. The largest absolute Gasteiger partial charge is 0.483 e. The molecule has 2 rings (SSSR count). The number of carbonyl (C=O) groups is 1. The molecule has 0 saturated carbocycles. The molecule has 1 aliphatic rings. The van der Waals surface area contributed by atoms with Gasteiger partial charge in [0, 0.05) is 11.6 Å². The SMILES string of the molecule is CCc1ccc2c(c1)C=C(/C(C)=C/C=C/C(C)=C/C(=O)O)C(C)(C)O2. The predicted molar refractivity (Wildman–Crippen MR) is 103 cm³/mol. The van der Waals surface area contributed by atoms with Gasteiger partial charge in [0.15, 0.2) is 0 Å². The van der Waals surface area contributed by atoms with Gasteiger partial charge in [0.25, 0.3) is 0 Å². The van der Waals surface area contributed by atoms with Crippen LogP contribution in [-0.4, -0.2) is 16.7 Å². The van der Waals surface area contributed by atoms with Gasteiger partial charge in [-0.15, -0.1) is 0 Å².